The molecule has 0 saturated carbocycles. The van der Waals surface area contributed by atoms with Crippen molar-refractivity contribution in [2.45, 2.75) is 6.54 Å². The minimum Gasteiger partial charge on any atom is -0.338 e. The van der Waals surface area contributed by atoms with Gasteiger partial charge in [0.25, 0.3) is 0 Å². The summed E-state index contributed by atoms with van der Waals surface area (Å²) in [5.41, 5.74) is 1.69. The quantitative estimate of drug-likeness (QED) is 0.796. The van der Waals surface area contributed by atoms with Crippen LogP contribution in [0.1, 0.15) is 11.1 Å². The molecular formula is C16H14Cl2N2O. The maximum atomic E-state index is 12.1. The Balaban J connectivity index is 2.03. The first-order valence-electron chi connectivity index (χ1n) is 6.33. The molecule has 0 radical (unpaired) electrons. The summed E-state index contributed by atoms with van der Waals surface area (Å²) in [6, 6.07) is 8.89. The van der Waals surface area contributed by atoms with Crippen molar-refractivity contribution in [2.24, 2.45) is 0 Å². The number of rotatable bonds is 4. The van der Waals surface area contributed by atoms with E-state index in [9.17, 15) is 4.79 Å². The number of pyridine rings is 1. The number of amides is 1. The van der Waals surface area contributed by atoms with Gasteiger partial charge in [-0.2, -0.15) is 0 Å². The third kappa shape index (κ3) is 4.59. The Hall–Kier alpha value is -1.84. The van der Waals surface area contributed by atoms with Crippen molar-refractivity contribution in [3.63, 3.8) is 0 Å². The Morgan fingerprint density at radius 3 is 2.86 bits per heavy atom. The van der Waals surface area contributed by atoms with Crippen molar-refractivity contribution in [1.29, 1.82) is 0 Å². The molecule has 2 rings (SSSR count). The number of hydrogen-bond acceptors (Lipinski definition) is 2. The molecule has 3 nitrogen and oxygen atoms in total. The Morgan fingerprint density at radius 1 is 1.33 bits per heavy atom. The Labute approximate surface area is 133 Å². The number of likely N-dealkylation sites (N-methyl/N-ethyl adjacent to an activating group) is 1. The number of carbonyl (C=O) groups excluding carboxylic acids is 1. The highest BCUT2D eigenvalue weighted by molar-refractivity contribution is 6.34. The van der Waals surface area contributed by atoms with Crippen LogP contribution < -0.4 is 0 Å². The van der Waals surface area contributed by atoms with E-state index in [4.69, 9.17) is 23.2 Å². The van der Waals surface area contributed by atoms with Crippen molar-refractivity contribution in [3.05, 3.63) is 70.0 Å². The molecule has 1 aromatic heterocycles. The third-order valence-corrected chi connectivity index (χ3v) is 3.46. The molecule has 1 aromatic carbocycles. The lowest BCUT2D eigenvalue weighted by atomic mass is 10.2. The number of nitrogens with zero attached hydrogens (tertiary/aromatic N) is 2. The standard InChI is InChI=1S/C16H14Cl2N2O/c1-20(11-12-3-2-8-19-10-12)16(21)7-4-13-9-14(17)5-6-15(13)18/h2-10H,11H2,1H3/b7-4+. The maximum absolute atomic E-state index is 12.1. The largest absolute Gasteiger partial charge is 0.338 e. The Kier molecular flexibility index (Phi) is 5.37. The van der Waals surface area contributed by atoms with Crippen molar-refractivity contribution >= 4 is 35.2 Å². The minimum absolute atomic E-state index is 0.116. The molecule has 0 aliphatic heterocycles. The number of halogens is 2. The van der Waals surface area contributed by atoms with Gasteiger partial charge in [-0.3, -0.25) is 9.78 Å². The molecule has 0 unspecified atom stereocenters. The van der Waals surface area contributed by atoms with Gasteiger partial charge in [0.15, 0.2) is 0 Å². The SMILES string of the molecule is CN(Cc1cccnc1)C(=O)/C=C/c1cc(Cl)ccc1Cl. The fourth-order valence-electron chi connectivity index (χ4n) is 1.77. The summed E-state index contributed by atoms with van der Waals surface area (Å²) in [6.45, 7) is 0.500. The van der Waals surface area contributed by atoms with Gasteiger partial charge in [-0.25, -0.2) is 0 Å². The summed E-state index contributed by atoms with van der Waals surface area (Å²) < 4.78 is 0. The first kappa shape index (κ1) is 15.5. The maximum Gasteiger partial charge on any atom is 0.246 e. The van der Waals surface area contributed by atoms with Gasteiger partial charge >= 0.3 is 0 Å². The molecule has 5 heteroatoms. The molecular weight excluding hydrogens is 307 g/mol. The smallest absolute Gasteiger partial charge is 0.246 e. The van der Waals surface area contributed by atoms with Crippen molar-refractivity contribution in [1.82, 2.24) is 9.88 Å². The minimum atomic E-state index is -0.116. The van der Waals surface area contributed by atoms with E-state index in [-0.39, 0.29) is 5.91 Å². The van der Waals surface area contributed by atoms with Crippen LogP contribution in [0.15, 0.2) is 48.8 Å². The predicted molar refractivity (Wildman–Crippen MR) is 86.2 cm³/mol. The van der Waals surface area contributed by atoms with Crippen LogP contribution in [-0.2, 0) is 11.3 Å². The molecule has 0 spiro atoms. The van der Waals surface area contributed by atoms with Crippen LogP contribution in [0, 0.1) is 0 Å². The van der Waals surface area contributed by atoms with Gasteiger partial charge in [-0.15, -0.1) is 0 Å². The van der Waals surface area contributed by atoms with Gasteiger partial charge in [0.1, 0.15) is 0 Å². The van der Waals surface area contributed by atoms with Crippen LogP contribution >= 0.6 is 23.2 Å². The van der Waals surface area contributed by atoms with Gasteiger partial charge < -0.3 is 4.90 Å². The molecule has 1 heterocycles. The first-order valence-corrected chi connectivity index (χ1v) is 7.09. The fraction of sp³-hybridized carbons (Fsp3) is 0.125. The Bertz CT molecular complexity index is 657. The van der Waals surface area contributed by atoms with E-state index < -0.39 is 0 Å². The van der Waals surface area contributed by atoms with Crippen LogP contribution in [0.2, 0.25) is 10.0 Å². The fourth-order valence-corrected chi connectivity index (χ4v) is 2.14. The van der Waals surface area contributed by atoms with E-state index in [2.05, 4.69) is 4.98 Å². The number of carbonyl (C=O) groups is 1. The van der Waals surface area contributed by atoms with E-state index in [1.807, 2.05) is 12.1 Å². The molecule has 108 valence electrons. The second-order valence-corrected chi connectivity index (χ2v) is 5.40. The van der Waals surface area contributed by atoms with Crippen LogP contribution in [0.5, 0.6) is 0 Å². The van der Waals surface area contributed by atoms with E-state index in [0.29, 0.717) is 22.2 Å². The summed E-state index contributed by atoms with van der Waals surface area (Å²) in [7, 11) is 1.74. The molecule has 2 aromatic rings. The summed E-state index contributed by atoms with van der Waals surface area (Å²) in [4.78, 5) is 17.7. The second kappa shape index (κ2) is 7.25. The first-order chi connectivity index (χ1) is 10.1. The van der Waals surface area contributed by atoms with E-state index >= 15 is 0 Å². The van der Waals surface area contributed by atoms with E-state index in [1.54, 1.807) is 48.6 Å². The lowest BCUT2D eigenvalue weighted by Crippen LogP contribution is -2.24. The molecule has 0 atom stereocenters. The monoisotopic (exact) mass is 320 g/mol. The Morgan fingerprint density at radius 2 is 2.14 bits per heavy atom. The molecule has 0 N–H and O–H groups in total. The van der Waals surface area contributed by atoms with Crippen LogP contribution in [0.25, 0.3) is 6.08 Å². The highest BCUT2D eigenvalue weighted by Crippen LogP contribution is 2.21. The van der Waals surface area contributed by atoms with Crippen LogP contribution in [0.3, 0.4) is 0 Å². The second-order valence-electron chi connectivity index (χ2n) is 4.55. The highest BCUT2D eigenvalue weighted by atomic mass is 35.5. The summed E-state index contributed by atoms with van der Waals surface area (Å²) >= 11 is 12.0. The van der Waals surface area contributed by atoms with Gasteiger partial charge in [-0.1, -0.05) is 29.3 Å². The topological polar surface area (TPSA) is 33.2 Å². The summed E-state index contributed by atoms with van der Waals surface area (Å²) in [5.74, 6) is -0.116. The molecule has 0 fully saturated rings. The third-order valence-electron chi connectivity index (χ3n) is 2.88. The van der Waals surface area contributed by atoms with Gasteiger partial charge in [0.2, 0.25) is 5.91 Å². The average molecular weight is 321 g/mol. The lowest BCUT2D eigenvalue weighted by Gasteiger charge is -2.14. The zero-order chi connectivity index (χ0) is 15.2. The van der Waals surface area contributed by atoms with Crippen LogP contribution in [0.4, 0.5) is 0 Å². The van der Waals surface area contributed by atoms with E-state index in [1.165, 1.54) is 6.08 Å². The van der Waals surface area contributed by atoms with Crippen LogP contribution in [-0.4, -0.2) is 22.8 Å². The van der Waals surface area contributed by atoms with Crippen molar-refractivity contribution < 1.29 is 4.79 Å². The normalized spacial score (nSPS) is 10.8. The van der Waals surface area contributed by atoms with Gasteiger partial charge in [-0.05, 0) is 41.5 Å². The predicted octanol–water partition coefficient (Wildman–Crippen LogP) is 4.06. The highest BCUT2D eigenvalue weighted by Gasteiger charge is 2.06. The summed E-state index contributed by atoms with van der Waals surface area (Å²) in [5, 5.41) is 1.13. The molecule has 1 amide bonds. The molecule has 0 bridgehead atoms. The summed E-state index contributed by atoms with van der Waals surface area (Å²) in [6.07, 6.45) is 6.58. The molecule has 0 saturated heterocycles. The number of hydrogen-bond donors (Lipinski definition) is 0. The lowest BCUT2D eigenvalue weighted by molar-refractivity contribution is -0.125. The average Bonchev–Trinajstić information content (AvgIpc) is 2.49. The van der Waals surface area contributed by atoms with Crippen molar-refractivity contribution in [3.8, 4) is 0 Å². The molecule has 21 heavy (non-hydrogen) atoms. The zero-order valence-corrected chi connectivity index (χ0v) is 13.0. The molecule has 0 aliphatic rings. The van der Waals surface area contributed by atoms with Crippen molar-refractivity contribution in [2.75, 3.05) is 7.05 Å². The number of benzene rings is 1. The van der Waals surface area contributed by atoms with Gasteiger partial charge in [0, 0.05) is 42.1 Å². The number of aromatic nitrogens is 1. The molecule has 0 aliphatic carbocycles. The van der Waals surface area contributed by atoms with Gasteiger partial charge in [0.05, 0.1) is 0 Å². The zero-order valence-electron chi connectivity index (χ0n) is 11.5. The van der Waals surface area contributed by atoms with E-state index in [0.717, 1.165) is 5.56 Å².